The van der Waals surface area contributed by atoms with Crippen molar-refractivity contribution in [1.82, 2.24) is 0 Å². The number of nitrogens with zero attached hydrogens (tertiary/aromatic N) is 1. The predicted octanol–water partition coefficient (Wildman–Crippen LogP) is 4.22. The molecule has 0 saturated carbocycles. The van der Waals surface area contributed by atoms with Crippen LogP contribution in [0.2, 0.25) is 0 Å². The van der Waals surface area contributed by atoms with Crippen molar-refractivity contribution in [3.63, 3.8) is 0 Å². The van der Waals surface area contributed by atoms with Gasteiger partial charge in [0.1, 0.15) is 0 Å². The highest BCUT2D eigenvalue weighted by atomic mass is 32.2. The highest BCUT2D eigenvalue weighted by molar-refractivity contribution is 7.92. The summed E-state index contributed by atoms with van der Waals surface area (Å²) in [5.74, 6) is 0.399. The van der Waals surface area contributed by atoms with Gasteiger partial charge >= 0.3 is 0 Å². The van der Waals surface area contributed by atoms with Gasteiger partial charge in [0.05, 0.1) is 9.82 Å². The van der Waals surface area contributed by atoms with Crippen LogP contribution in [0.3, 0.4) is 0 Å². The third-order valence-electron chi connectivity index (χ3n) is 4.03. The number of aryl methyl sites for hydroxylation is 1. The fourth-order valence-corrected chi connectivity index (χ4v) is 3.36. The second-order valence-electron chi connectivity index (χ2n) is 5.74. The molecule has 128 valence electrons. The van der Waals surface area contributed by atoms with Crippen LogP contribution in [0.25, 0.3) is 0 Å². The zero-order valence-electron chi connectivity index (χ0n) is 13.8. The molecule has 0 aliphatic rings. The molecule has 0 fully saturated rings. The molecule has 0 saturated heterocycles. The molecule has 0 heterocycles. The second kappa shape index (κ2) is 7.00. The number of nitro benzene ring substituents is 1. The zero-order chi connectivity index (χ0) is 17.9. The number of hydrogen-bond donors (Lipinski definition) is 1. The number of anilines is 1. The van der Waals surface area contributed by atoms with Gasteiger partial charge in [-0.05, 0) is 43.0 Å². The van der Waals surface area contributed by atoms with E-state index in [0.717, 1.165) is 18.1 Å². The molecule has 0 amide bonds. The Morgan fingerprint density at radius 1 is 1.17 bits per heavy atom. The Hall–Kier alpha value is -2.41. The van der Waals surface area contributed by atoms with Crippen molar-refractivity contribution in [3.8, 4) is 0 Å². The van der Waals surface area contributed by atoms with Gasteiger partial charge in [0.2, 0.25) is 0 Å². The Kier molecular flexibility index (Phi) is 5.23. The Morgan fingerprint density at radius 3 is 2.33 bits per heavy atom. The minimum atomic E-state index is -3.88. The normalized spacial score (nSPS) is 12.6. The van der Waals surface area contributed by atoms with Crippen LogP contribution in [0.5, 0.6) is 0 Å². The molecule has 0 spiro atoms. The Labute approximate surface area is 141 Å². The zero-order valence-corrected chi connectivity index (χ0v) is 14.6. The predicted molar refractivity (Wildman–Crippen MR) is 93.8 cm³/mol. The van der Waals surface area contributed by atoms with Crippen molar-refractivity contribution in [3.05, 3.63) is 63.7 Å². The summed E-state index contributed by atoms with van der Waals surface area (Å²) in [4.78, 5) is 10.3. The van der Waals surface area contributed by atoms with Crippen LogP contribution in [0.15, 0.2) is 47.4 Å². The lowest BCUT2D eigenvalue weighted by Crippen LogP contribution is -2.13. The number of hydrogen-bond acceptors (Lipinski definition) is 4. The SMILES string of the molecule is CC[C@H](C)c1ccc(NS(=O)(=O)c2ccc(C)c([N+](=O)[O-])c2)cc1. The number of nitro groups is 1. The molecule has 0 bridgehead atoms. The van der Waals surface area contributed by atoms with Crippen LogP contribution in [0.1, 0.15) is 37.3 Å². The molecule has 1 atom stereocenters. The van der Waals surface area contributed by atoms with Crippen LogP contribution >= 0.6 is 0 Å². The average Bonchev–Trinajstić information content (AvgIpc) is 2.54. The maximum atomic E-state index is 12.4. The van der Waals surface area contributed by atoms with Gasteiger partial charge in [-0.2, -0.15) is 0 Å². The summed E-state index contributed by atoms with van der Waals surface area (Å²) in [7, 11) is -3.88. The van der Waals surface area contributed by atoms with Crippen LogP contribution in [-0.2, 0) is 10.0 Å². The Bertz CT molecular complexity index is 845. The van der Waals surface area contributed by atoms with Crippen molar-refractivity contribution < 1.29 is 13.3 Å². The average molecular weight is 348 g/mol. The summed E-state index contributed by atoms with van der Waals surface area (Å²) in [6.07, 6.45) is 0.998. The minimum absolute atomic E-state index is 0.134. The van der Waals surface area contributed by atoms with E-state index in [-0.39, 0.29) is 10.6 Å². The first-order chi connectivity index (χ1) is 11.2. The molecule has 2 rings (SSSR count). The molecular formula is C17H20N2O4S. The van der Waals surface area contributed by atoms with E-state index in [1.165, 1.54) is 12.1 Å². The van der Waals surface area contributed by atoms with E-state index in [0.29, 0.717) is 17.2 Å². The molecule has 0 radical (unpaired) electrons. The molecular weight excluding hydrogens is 328 g/mol. The number of nitrogens with one attached hydrogen (secondary N) is 1. The summed E-state index contributed by atoms with van der Waals surface area (Å²) in [6, 6.07) is 11.0. The standard InChI is InChI=1S/C17H20N2O4S/c1-4-12(2)14-6-8-15(9-7-14)18-24(22,23)16-10-5-13(3)17(11-16)19(20)21/h5-12,18H,4H2,1-3H3/t12-/m0/s1. The maximum Gasteiger partial charge on any atom is 0.273 e. The summed E-state index contributed by atoms with van der Waals surface area (Å²) >= 11 is 0. The highest BCUT2D eigenvalue weighted by Gasteiger charge is 2.20. The van der Waals surface area contributed by atoms with Crippen molar-refractivity contribution >= 4 is 21.4 Å². The fraction of sp³-hybridized carbons (Fsp3) is 0.294. The Morgan fingerprint density at radius 2 is 1.79 bits per heavy atom. The lowest BCUT2D eigenvalue weighted by molar-refractivity contribution is -0.385. The van der Waals surface area contributed by atoms with Crippen LogP contribution in [0, 0.1) is 17.0 Å². The van der Waals surface area contributed by atoms with E-state index in [1.807, 2.05) is 12.1 Å². The molecule has 7 heteroatoms. The summed E-state index contributed by atoms with van der Waals surface area (Å²) in [5, 5.41) is 11.0. The lowest BCUT2D eigenvalue weighted by Gasteiger charge is -2.12. The number of sulfonamides is 1. The van der Waals surface area contributed by atoms with Crippen molar-refractivity contribution in [1.29, 1.82) is 0 Å². The van der Waals surface area contributed by atoms with Gasteiger partial charge in [0, 0.05) is 17.3 Å². The smallest absolute Gasteiger partial charge is 0.273 e. The van der Waals surface area contributed by atoms with E-state index in [4.69, 9.17) is 0 Å². The molecule has 6 nitrogen and oxygen atoms in total. The molecule has 2 aromatic rings. The lowest BCUT2D eigenvalue weighted by atomic mass is 9.99. The van der Waals surface area contributed by atoms with Crippen LogP contribution in [-0.4, -0.2) is 13.3 Å². The molecule has 0 unspecified atom stereocenters. The monoisotopic (exact) mass is 348 g/mol. The van der Waals surface area contributed by atoms with E-state index < -0.39 is 14.9 Å². The van der Waals surface area contributed by atoms with Gasteiger partial charge in [0.25, 0.3) is 15.7 Å². The topological polar surface area (TPSA) is 89.3 Å². The summed E-state index contributed by atoms with van der Waals surface area (Å²) in [5.41, 5.74) is 1.75. The first-order valence-electron chi connectivity index (χ1n) is 7.62. The fourth-order valence-electron chi connectivity index (χ4n) is 2.28. The van der Waals surface area contributed by atoms with Gasteiger partial charge < -0.3 is 0 Å². The largest absolute Gasteiger partial charge is 0.280 e. The minimum Gasteiger partial charge on any atom is -0.280 e. The molecule has 2 aromatic carbocycles. The van der Waals surface area contributed by atoms with Crippen LogP contribution < -0.4 is 4.72 Å². The third kappa shape index (κ3) is 3.91. The van der Waals surface area contributed by atoms with Crippen LogP contribution in [0.4, 0.5) is 11.4 Å². The Balaban J connectivity index is 2.28. The first-order valence-corrected chi connectivity index (χ1v) is 9.10. The van der Waals surface area contributed by atoms with Gasteiger partial charge in [-0.3, -0.25) is 14.8 Å². The number of rotatable bonds is 6. The van der Waals surface area contributed by atoms with Crippen molar-refractivity contribution in [2.45, 2.75) is 38.0 Å². The van der Waals surface area contributed by atoms with E-state index in [1.54, 1.807) is 19.1 Å². The van der Waals surface area contributed by atoms with Gasteiger partial charge in [-0.15, -0.1) is 0 Å². The summed E-state index contributed by atoms with van der Waals surface area (Å²) in [6.45, 7) is 5.76. The second-order valence-corrected chi connectivity index (χ2v) is 7.42. The van der Waals surface area contributed by atoms with Crippen molar-refractivity contribution in [2.75, 3.05) is 4.72 Å². The third-order valence-corrected chi connectivity index (χ3v) is 5.41. The first kappa shape index (κ1) is 17.9. The quantitative estimate of drug-likeness (QED) is 0.625. The highest BCUT2D eigenvalue weighted by Crippen LogP contribution is 2.25. The molecule has 0 aliphatic heterocycles. The number of benzene rings is 2. The molecule has 1 N–H and O–H groups in total. The molecule has 0 aromatic heterocycles. The van der Waals surface area contributed by atoms with Crippen molar-refractivity contribution in [2.24, 2.45) is 0 Å². The molecule has 0 aliphatic carbocycles. The van der Waals surface area contributed by atoms with E-state index >= 15 is 0 Å². The van der Waals surface area contributed by atoms with E-state index in [2.05, 4.69) is 18.6 Å². The summed E-state index contributed by atoms with van der Waals surface area (Å²) < 4.78 is 27.3. The molecule has 24 heavy (non-hydrogen) atoms. The van der Waals surface area contributed by atoms with E-state index in [9.17, 15) is 18.5 Å². The van der Waals surface area contributed by atoms with Gasteiger partial charge in [0.15, 0.2) is 0 Å². The van der Waals surface area contributed by atoms with Gasteiger partial charge in [-0.1, -0.05) is 32.0 Å². The van der Waals surface area contributed by atoms with Gasteiger partial charge in [-0.25, -0.2) is 8.42 Å². The maximum absolute atomic E-state index is 12.4.